The summed E-state index contributed by atoms with van der Waals surface area (Å²) in [6.45, 7) is 2.75. The van der Waals surface area contributed by atoms with Gasteiger partial charge in [-0.05, 0) is 25.7 Å². The quantitative estimate of drug-likeness (QED) is 0.851. The summed E-state index contributed by atoms with van der Waals surface area (Å²) < 4.78 is 11.4. The molecule has 0 bridgehead atoms. The van der Waals surface area contributed by atoms with Crippen LogP contribution in [0.1, 0.15) is 37.5 Å². The molecule has 1 N–H and O–H groups in total. The van der Waals surface area contributed by atoms with Crippen molar-refractivity contribution < 1.29 is 9.47 Å². The summed E-state index contributed by atoms with van der Waals surface area (Å²) in [7, 11) is 1.79. The molecule has 1 saturated carbocycles. The number of ether oxygens (including phenoxy) is 2. The molecule has 1 aromatic rings. The van der Waals surface area contributed by atoms with Crippen LogP contribution in [0.15, 0.2) is 12.4 Å². The molecule has 2 fully saturated rings. The summed E-state index contributed by atoms with van der Waals surface area (Å²) in [4.78, 5) is 10.0. The van der Waals surface area contributed by atoms with Crippen molar-refractivity contribution in [2.75, 3.05) is 26.8 Å². The summed E-state index contributed by atoms with van der Waals surface area (Å²) >= 11 is 0. The van der Waals surface area contributed by atoms with Crippen molar-refractivity contribution >= 4 is 0 Å². The molecule has 19 heavy (non-hydrogen) atoms. The monoisotopic (exact) mass is 265 g/mol. The lowest BCUT2D eigenvalue weighted by atomic mass is 9.96. The maximum Gasteiger partial charge on any atom is 0.123 e. The highest BCUT2D eigenvalue weighted by atomic mass is 16.5. The second-order valence-electron chi connectivity index (χ2n) is 5.50. The number of nitrogens with one attached hydrogen (secondary N) is 1. The maximum atomic E-state index is 5.86. The van der Waals surface area contributed by atoms with Gasteiger partial charge in [-0.3, -0.25) is 4.90 Å². The van der Waals surface area contributed by atoms with E-state index >= 15 is 0 Å². The molecule has 1 aromatic heterocycles. The van der Waals surface area contributed by atoms with Gasteiger partial charge in [-0.25, -0.2) is 4.98 Å². The SMILES string of the molecule is CO[C@@H]1CC(c2ncc[nH]2)N(CCOC2CCC2)C1. The number of methoxy groups -OCH3 is 1. The van der Waals surface area contributed by atoms with E-state index in [9.17, 15) is 0 Å². The van der Waals surface area contributed by atoms with E-state index in [1.807, 2.05) is 12.4 Å². The number of aromatic nitrogens is 2. The first-order valence-electron chi connectivity index (χ1n) is 7.24. The normalized spacial score (nSPS) is 28.7. The van der Waals surface area contributed by atoms with E-state index in [2.05, 4.69) is 14.9 Å². The van der Waals surface area contributed by atoms with Gasteiger partial charge in [0.25, 0.3) is 0 Å². The molecule has 2 heterocycles. The molecular weight excluding hydrogens is 242 g/mol. The molecule has 2 aliphatic rings. The molecular formula is C14H23N3O2. The highest BCUT2D eigenvalue weighted by Gasteiger charge is 2.34. The van der Waals surface area contributed by atoms with Gasteiger partial charge in [-0.1, -0.05) is 0 Å². The minimum atomic E-state index is 0.304. The van der Waals surface area contributed by atoms with Crippen LogP contribution in [0.3, 0.4) is 0 Å². The third kappa shape index (κ3) is 2.99. The minimum Gasteiger partial charge on any atom is -0.380 e. The second kappa shape index (κ2) is 6.03. The zero-order valence-electron chi connectivity index (χ0n) is 11.5. The fourth-order valence-electron chi connectivity index (χ4n) is 2.90. The number of likely N-dealkylation sites (tertiary alicyclic amines) is 1. The second-order valence-corrected chi connectivity index (χ2v) is 5.50. The van der Waals surface area contributed by atoms with E-state index in [1.165, 1.54) is 19.3 Å². The van der Waals surface area contributed by atoms with Crippen molar-refractivity contribution in [3.63, 3.8) is 0 Å². The minimum absolute atomic E-state index is 0.304. The van der Waals surface area contributed by atoms with Gasteiger partial charge in [0.15, 0.2) is 0 Å². The molecule has 2 atom stereocenters. The number of hydrogen-bond acceptors (Lipinski definition) is 4. The largest absolute Gasteiger partial charge is 0.380 e. The van der Waals surface area contributed by atoms with Crippen LogP contribution in [0.4, 0.5) is 0 Å². The van der Waals surface area contributed by atoms with Gasteiger partial charge in [0.2, 0.25) is 0 Å². The molecule has 3 rings (SSSR count). The van der Waals surface area contributed by atoms with Crippen LogP contribution in [-0.2, 0) is 9.47 Å². The Hall–Kier alpha value is -0.910. The summed E-state index contributed by atoms with van der Waals surface area (Å²) in [5.41, 5.74) is 0. The summed E-state index contributed by atoms with van der Waals surface area (Å²) in [5, 5.41) is 0. The van der Waals surface area contributed by atoms with E-state index in [-0.39, 0.29) is 0 Å². The molecule has 5 nitrogen and oxygen atoms in total. The Labute approximate surface area is 114 Å². The van der Waals surface area contributed by atoms with Crippen LogP contribution in [0.25, 0.3) is 0 Å². The van der Waals surface area contributed by atoms with Crippen LogP contribution in [0.2, 0.25) is 0 Å². The van der Waals surface area contributed by atoms with Crippen LogP contribution in [0, 0.1) is 0 Å². The number of H-pyrrole nitrogens is 1. The zero-order valence-corrected chi connectivity index (χ0v) is 11.5. The highest BCUT2D eigenvalue weighted by Crippen LogP contribution is 2.31. The van der Waals surface area contributed by atoms with Crippen molar-refractivity contribution in [3.05, 3.63) is 18.2 Å². The van der Waals surface area contributed by atoms with Crippen molar-refractivity contribution in [1.82, 2.24) is 14.9 Å². The van der Waals surface area contributed by atoms with Gasteiger partial charge in [0, 0.05) is 32.6 Å². The molecule has 1 aliphatic carbocycles. The topological polar surface area (TPSA) is 50.4 Å². The Morgan fingerprint density at radius 2 is 2.32 bits per heavy atom. The van der Waals surface area contributed by atoms with Crippen molar-refractivity contribution in [1.29, 1.82) is 0 Å². The fourth-order valence-corrected chi connectivity index (χ4v) is 2.90. The third-order valence-corrected chi connectivity index (χ3v) is 4.32. The van der Waals surface area contributed by atoms with Crippen molar-refractivity contribution in [2.24, 2.45) is 0 Å². The molecule has 1 saturated heterocycles. The van der Waals surface area contributed by atoms with Crippen molar-refractivity contribution in [2.45, 2.75) is 43.9 Å². The lowest BCUT2D eigenvalue weighted by Gasteiger charge is -2.28. The van der Waals surface area contributed by atoms with E-state index in [4.69, 9.17) is 9.47 Å². The van der Waals surface area contributed by atoms with Crippen LogP contribution in [-0.4, -0.2) is 53.9 Å². The average Bonchev–Trinajstić information content (AvgIpc) is 3.00. The van der Waals surface area contributed by atoms with Gasteiger partial charge in [0.05, 0.1) is 24.9 Å². The van der Waals surface area contributed by atoms with Crippen molar-refractivity contribution in [3.8, 4) is 0 Å². The van der Waals surface area contributed by atoms with Gasteiger partial charge < -0.3 is 14.5 Å². The standard InChI is InChI=1S/C14H23N3O2/c1-18-12-9-13(14-15-5-6-16-14)17(10-12)7-8-19-11-3-2-4-11/h5-6,11-13H,2-4,7-10H2,1H3,(H,15,16)/t12-,13?/m1/s1. The first-order valence-corrected chi connectivity index (χ1v) is 7.24. The van der Waals surface area contributed by atoms with Crippen LogP contribution < -0.4 is 0 Å². The smallest absolute Gasteiger partial charge is 0.123 e. The Bertz CT molecular complexity index is 378. The lowest BCUT2D eigenvalue weighted by molar-refractivity contribution is -0.0100. The van der Waals surface area contributed by atoms with Gasteiger partial charge in [-0.2, -0.15) is 0 Å². The highest BCUT2D eigenvalue weighted by molar-refractivity contribution is 5.01. The van der Waals surface area contributed by atoms with Gasteiger partial charge >= 0.3 is 0 Å². The number of aromatic amines is 1. The molecule has 0 amide bonds. The van der Waals surface area contributed by atoms with Gasteiger partial charge in [-0.15, -0.1) is 0 Å². The molecule has 106 valence electrons. The fraction of sp³-hybridized carbons (Fsp3) is 0.786. The van der Waals surface area contributed by atoms with Crippen LogP contribution >= 0.6 is 0 Å². The molecule has 5 heteroatoms. The Morgan fingerprint density at radius 1 is 1.42 bits per heavy atom. The summed E-state index contributed by atoms with van der Waals surface area (Å²) in [6.07, 6.45) is 9.34. The summed E-state index contributed by atoms with van der Waals surface area (Å²) in [6, 6.07) is 0.338. The van der Waals surface area contributed by atoms with E-state index in [1.54, 1.807) is 7.11 Å². The van der Waals surface area contributed by atoms with Gasteiger partial charge in [0.1, 0.15) is 5.82 Å². The lowest BCUT2D eigenvalue weighted by Crippen LogP contribution is -2.32. The first kappa shape index (κ1) is 13.1. The summed E-state index contributed by atoms with van der Waals surface area (Å²) in [5.74, 6) is 1.04. The molecule has 1 aliphatic heterocycles. The molecule has 0 spiro atoms. The Morgan fingerprint density at radius 3 is 2.95 bits per heavy atom. The van der Waals surface area contributed by atoms with Crippen LogP contribution in [0.5, 0.6) is 0 Å². The number of hydrogen-bond donors (Lipinski definition) is 1. The van der Waals surface area contributed by atoms with E-state index in [0.717, 1.165) is 31.9 Å². The molecule has 0 radical (unpaired) electrons. The Balaban J connectivity index is 1.54. The average molecular weight is 265 g/mol. The first-order chi connectivity index (χ1) is 9.36. The third-order valence-electron chi connectivity index (χ3n) is 4.32. The number of imidazole rings is 1. The number of rotatable bonds is 6. The molecule has 0 aromatic carbocycles. The maximum absolute atomic E-state index is 5.86. The predicted octanol–water partition coefficient (Wildman–Crippen LogP) is 1.74. The Kier molecular flexibility index (Phi) is 4.15. The molecule has 1 unspecified atom stereocenters. The van der Waals surface area contributed by atoms with E-state index < -0.39 is 0 Å². The van der Waals surface area contributed by atoms with E-state index in [0.29, 0.717) is 18.2 Å². The zero-order chi connectivity index (χ0) is 13.1. The predicted molar refractivity (Wildman–Crippen MR) is 71.9 cm³/mol. The number of nitrogens with zero attached hydrogens (tertiary/aromatic N) is 2.